The molecule has 20 heavy (non-hydrogen) atoms. The van der Waals surface area contributed by atoms with E-state index in [4.69, 9.17) is 4.74 Å². The number of unbranched alkanes of at least 4 members (excludes halogenated alkanes) is 1. The number of ketones is 1. The summed E-state index contributed by atoms with van der Waals surface area (Å²) in [4.78, 5) is 23.2. The van der Waals surface area contributed by atoms with Crippen molar-refractivity contribution in [1.29, 1.82) is 0 Å². The van der Waals surface area contributed by atoms with E-state index in [1.54, 1.807) is 0 Å². The highest BCUT2D eigenvalue weighted by Crippen LogP contribution is 2.16. The van der Waals surface area contributed by atoms with Gasteiger partial charge in [-0.3, -0.25) is 9.59 Å². The predicted octanol–water partition coefficient (Wildman–Crippen LogP) is 3.09. The second kappa shape index (κ2) is 8.40. The van der Waals surface area contributed by atoms with Gasteiger partial charge in [0, 0.05) is 31.4 Å². The highest BCUT2D eigenvalue weighted by molar-refractivity contribution is 5.84. The van der Waals surface area contributed by atoms with Gasteiger partial charge < -0.3 is 10.1 Å². The minimum absolute atomic E-state index is 0.0162. The van der Waals surface area contributed by atoms with Crippen molar-refractivity contribution in [3.05, 3.63) is 0 Å². The van der Waals surface area contributed by atoms with Crippen molar-refractivity contribution in [3.8, 4) is 0 Å². The molecule has 0 saturated carbocycles. The Kier molecular flexibility index (Phi) is 8.02. The summed E-state index contributed by atoms with van der Waals surface area (Å²) in [6.07, 6.45) is 2.60. The Hall–Kier alpha value is -0.900. The van der Waals surface area contributed by atoms with E-state index in [0.29, 0.717) is 26.0 Å². The second-order valence-corrected chi connectivity index (χ2v) is 7.19. The van der Waals surface area contributed by atoms with Crippen LogP contribution in [-0.4, -0.2) is 30.4 Å². The van der Waals surface area contributed by atoms with Gasteiger partial charge in [-0.1, -0.05) is 20.8 Å². The van der Waals surface area contributed by atoms with Crippen molar-refractivity contribution in [2.24, 2.45) is 5.41 Å². The summed E-state index contributed by atoms with van der Waals surface area (Å²) in [6.45, 7) is 12.9. The van der Waals surface area contributed by atoms with Crippen molar-refractivity contribution in [2.45, 2.75) is 72.8 Å². The Morgan fingerprint density at radius 3 is 2.05 bits per heavy atom. The van der Waals surface area contributed by atoms with Crippen LogP contribution < -0.4 is 5.32 Å². The molecular formula is C16H31NO3. The van der Waals surface area contributed by atoms with Gasteiger partial charge in [0.15, 0.2) is 0 Å². The zero-order valence-corrected chi connectivity index (χ0v) is 14.0. The van der Waals surface area contributed by atoms with E-state index < -0.39 is 0 Å². The van der Waals surface area contributed by atoms with Crippen molar-refractivity contribution in [3.63, 3.8) is 0 Å². The number of carbonyl (C=O) groups is 2. The average Bonchev–Trinajstić information content (AvgIpc) is 2.25. The molecule has 0 aliphatic carbocycles. The number of amides is 1. The first kappa shape index (κ1) is 19.1. The smallest absolute Gasteiger partial charge is 0.220 e. The molecule has 0 aromatic heterocycles. The molecule has 0 fully saturated rings. The number of hydrogen-bond acceptors (Lipinski definition) is 3. The van der Waals surface area contributed by atoms with Gasteiger partial charge in [-0.15, -0.1) is 0 Å². The fourth-order valence-electron chi connectivity index (χ4n) is 1.54. The number of nitrogens with one attached hydrogen (secondary N) is 1. The number of rotatable bonds is 8. The number of carbonyl (C=O) groups excluding carboxylic acids is 2. The fourth-order valence-corrected chi connectivity index (χ4v) is 1.54. The lowest BCUT2D eigenvalue weighted by molar-refractivity contribution is -0.126. The third kappa shape index (κ3) is 11.0. The van der Waals surface area contributed by atoms with Crippen molar-refractivity contribution < 1.29 is 14.3 Å². The van der Waals surface area contributed by atoms with Gasteiger partial charge in [-0.2, -0.15) is 0 Å². The molecule has 4 heteroatoms. The fraction of sp³-hybridized carbons (Fsp3) is 0.875. The van der Waals surface area contributed by atoms with Crippen molar-refractivity contribution in [1.82, 2.24) is 5.32 Å². The van der Waals surface area contributed by atoms with E-state index >= 15 is 0 Å². The highest BCUT2D eigenvalue weighted by Gasteiger charge is 2.20. The lowest BCUT2D eigenvalue weighted by Crippen LogP contribution is -2.29. The van der Waals surface area contributed by atoms with E-state index in [9.17, 15) is 9.59 Å². The molecule has 0 saturated heterocycles. The highest BCUT2D eigenvalue weighted by atomic mass is 16.5. The molecule has 0 aromatic carbocycles. The van der Waals surface area contributed by atoms with Crippen LogP contribution in [0.25, 0.3) is 0 Å². The summed E-state index contributed by atoms with van der Waals surface area (Å²) in [7, 11) is 0. The molecule has 0 atom stereocenters. The Bertz CT molecular complexity index is 311. The molecule has 0 unspecified atom stereocenters. The molecule has 0 bridgehead atoms. The van der Waals surface area contributed by atoms with Gasteiger partial charge in [-0.25, -0.2) is 0 Å². The number of ether oxygens (including phenoxy) is 1. The molecule has 4 nitrogen and oxygen atoms in total. The van der Waals surface area contributed by atoms with E-state index in [2.05, 4.69) is 5.32 Å². The molecule has 0 aliphatic heterocycles. The molecule has 0 heterocycles. The molecule has 0 aromatic rings. The van der Waals surface area contributed by atoms with E-state index in [-0.39, 0.29) is 22.7 Å². The van der Waals surface area contributed by atoms with E-state index in [1.165, 1.54) is 0 Å². The van der Waals surface area contributed by atoms with Gasteiger partial charge in [0.2, 0.25) is 5.91 Å². The van der Waals surface area contributed by atoms with Crippen LogP contribution in [-0.2, 0) is 14.3 Å². The van der Waals surface area contributed by atoms with Gasteiger partial charge in [0.25, 0.3) is 0 Å². The Morgan fingerprint density at radius 2 is 1.55 bits per heavy atom. The average molecular weight is 285 g/mol. The summed E-state index contributed by atoms with van der Waals surface area (Å²) >= 11 is 0. The third-order valence-corrected chi connectivity index (χ3v) is 2.84. The molecule has 0 radical (unpaired) electrons. The number of hydrogen-bond donors (Lipinski definition) is 1. The number of Topliss-reactive ketones (excluding diaryl/α,β-unsaturated/α-hetero) is 1. The van der Waals surface area contributed by atoms with Gasteiger partial charge >= 0.3 is 0 Å². The normalized spacial score (nSPS) is 12.3. The molecule has 118 valence electrons. The predicted molar refractivity (Wildman–Crippen MR) is 81.6 cm³/mol. The minimum atomic E-state index is -0.324. The topological polar surface area (TPSA) is 55.4 Å². The maximum Gasteiger partial charge on any atom is 0.220 e. The van der Waals surface area contributed by atoms with Crippen molar-refractivity contribution in [2.75, 3.05) is 13.2 Å². The third-order valence-electron chi connectivity index (χ3n) is 2.84. The monoisotopic (exact) mass is 285 g/mol. The first-order valence-corrected chi connectivity index (χ1v) is 7.46. The molecule has 1 amide bonds. The Balaban J connectivity index is 3.59. The first-order chi connectivity index (χ1) is 9.02. The van der Waals surface area contributed by atoms with Crippen molar-refractivity contribution >= 4 is 11.7 Å². The Morgan fingerprint density at radius 1 is 0.950 bits per heavy atom. The summed E-state index contributed by atoms with van der Waals surface area (Å²) in [5.41, 5.74) is -0.440. The molecule has 0 spiro atoms. The second-order valence-electron chi connectivity index (χ2n) is 7.19. The summed E-state index contributed by atoms with van der Waals surface area (Å²) in [6, 6.07) is 0. The molecule has 0 aliphatic rings. The zero-order valence-electron chi connectivity index (χ0n) is 14.0. The van der Waals surface area contributed by atoms with Crippen LogP contribution in [0.4, 0.5) is 0 Å². The van der Waals surface area contributed by atoms with Crippen LogP contribution in [0.3, 0.4) is 0 Å². The summed E-state index contributed by atoms with van der Waals surface area (Å²) < 4.78 is 5.58. The largest absolute Gasteiger partial charge is 0.376 e. The minimum Gasteiger partial charge on any atom is -0.376 e. The van der Waals surface area contributed by atoms with Crippen LogP contribution >= 0.6 is 0 Å². The molecule has 1 N–H and O–H groups in total. The molecule has 0 rings (SSSR count). The van der Waals surface area contributed by atoms with Crippen LogP contribution in [0.2, 0.25) is 0 Å². The van der Waals surface area contributed by atoms with Gasteiger partial charge in [0.05, 0.1) is 5.60 Å². The summed E-state index contributed by atoms with van der Waals surface area (Å²) in [5.74, 6) is 0.193. The lowest BCUT2D eigenvalue weighted by atomic mass is 9.89. The van der Waals surface area contributed by atoms with Crippen LogP contribution in [0.15, 0.2) is 0 Å². The standard InChI is InChI=1S/C16H31NO3/c1-15(2,3)13(18)10-11-17-14(19)9-7-8-12-20-16(4,5)6/h7-12H2,1-6H3,(H,17,19). The SMILES string of the molecule is CC(C)(C)OCCCCC(=O)NCCC(=O)C(C)(C)C. The van der Waals surface area contributed by atoms with Crippen LogP contribution in [0.5, 0.6) is 0 Å². The van der Waals surface area contributed by atoms with Crippen LogP contribution in [0.1, 0.15) is 67.2 Å². The zero-order chi connectivity index (χ0) is 15.8. The molecular weight excluding hydrogens is 254 g/mol. The van der Waals surface area contributed by atoms with Gasteiger partial charge in [-0.05, 0) is 33.6 Å². The first-order valence-electron chi connectivity index (χ1n) is 7.46. The van der Waals surface area contributed by atoms with E-state index in [1.807, 2.05) is 41.5 Å². The maximum atomic E-state index is 11.7. The summed E-state index contributed by atoms with van der Waals surface area (Å²) in [5, 5.41) is 2.79. The van der Waals surface area contributed by atoms with E-state index in [0.717, 1.165) is 12.8 Å². The Labute approximate surface area is 123 Å². The quantitative estimate of drug-likeness (QED) is 0.697. The maximum absolute atomic E-state index is 11.7. The lowest BCUT2D eigenvalue weighted by Gasteiger charge is -2.19. The van der Waals surface area contributed by atoms with Gasteiger partial charge in [0.1, 0.15) is 5.78 Å². The van der Waals surface area contributed by atoms with Crippen LogP contribution in [0, 0.1) is 5.41 Å².